The van der Waals surface area contributed by atoms with Crippen LogP contribution in [0.15, 0.2) is 42.5 Å². The van der Waals surface area contributed by atoms with Gasteiger partial charge in [-0.1, -0.05) is 69.9 Å². The first-order chi connectivity index (χ1) is 11.1. The number of hydrogen-bond donors (Lipinski definition) is 2. The minimum Gasteiger partial charge on any atom is -0.399 e. The lowest BCUT2D eigenvalue weighted by molar-refractivity contribution is 0.632. The zero-order valence-corrected chi connectivity index (χ0v) is 14.5. The summed E-state index contributed by atoms with van der Waals surface area (Å²) in [4.78, 5) is 0. The minimum atomic E-state index is 0.286. The van der Waals surface area contributed by atoms with Crippen LogP contribution < -0.4 is 11.5 Å². The Kier molecular flexibility index (Phi) is 6.52. The molecule has 0 aromatic heterocycles. The molecule has 2 rings (SSSR count). The van der Waals surface area contributed by atoms with Crippen molar-refractivity contribution in [3.05, 3.63) is 59.2 Å². The summed E-state index contributed by atoms with van der Waals surface area (Å²) < 4.78 is 0. The first kappa shape index (κ1) is 17.4. The van der Waals surface area contributed by atoms with Crippen molar-refractivity contribution >= 4 is 11.4 Å². The van der Waals surface area contributed by atoms with E-state index in [0.29, 0.717) is 0 Å². The summed E-state index contributed by atoms with van der Waals surface area (Å²) in [5.41, 5.74) is 17.3. The molecule has 4 N–H and O–H groups in total. The van der Waals surface area contributed by atoms with Crippen LogP contribution in [0.5, 0.6) is 0 Å². The summed E-state index contributed by atoms with van der Waals surface area (Å²) in [6, 6.07) is 14.8. The van der Waals surface area contributed by atoms with Gasteiger partial charge < -0.3 is 11.5 Å². The van der Waals surface area contributed by atoms with Gasteiger partial charge in [0.2, 0.25) is 0 Å². The van der Waals surface area contributed by atoms with Gasteiger partial charge in [-0.2, -0.15) is 0 Å². The fourth-order valence-corrected chi connectivity index (χ4v) is 3.07. The molecular formula is C21H30N2. The number of aryl methyl sites for hydroxylation is 1. The minimum absolute atomic E-state index is 0.286. The second-order valence-corrected chi connectivity index (χ2v) is 6.52. The Bertz CT molecular complexity index is 602. The topological polar surface area (TPSA) is 52.0 Å². The Labute approximate surface area is 140 Å². The van der Waals surface area contributed by atoms with E-state index in [4.69, 9.17) is 11.5 Å². The second kappa shape index (κ2) is 8.61. The molecule has 0 radical (unpaired) electrons. The Balaban J connectivity index is 1.95. The van der Waals surface area contributed by atoms with Crippen molar-refractivity contribution in [2.24, 2.45) is 0 Å². The van der Waals surface area contributed by atoms with Crippen LogP contribution in [-0.2, 0) is 6.42 Å². The summed E-state index contributed by atoms with van der Waals surface area (Å²) in [5, 5.41) is 0. The molecule has 124 valence electrons. The lowest BCUT2D eigenvalue weighted by Crippen LogP contribution is -2.02. The van der Waals surface area contributed by atoms with Crippen LogP contribution in [0.4, 0.5) is 11.4 Å². The van der Waals surface area contributed by atoms with Crippen LogP contribution in [0.1, 0.15) is 68.6 Å². The quantitative estimate of drug-likeness (QED) is 0.498. The fourth-order valence-electron chi connectivity index (χ4n) is 3.07. The zero-order valence-electron chi connectivity index (χ0n) is 14.5. The molecule has 0 saturated carbocycles. The number of nitrogens with two attached hydrogens (primary N) is 2. The largest absolute Gasteiger partial charge is 0.399 e. The highest BCUT2D eigenvalue weighted by Crippen LogP contribution is 2.30. The molecule has 0 spiro atoms. The number of anilines is 2. The van der Waals surface area contributed by atoms with Crippen molar-refractivity contribution in [2.45, 2.75) is 58.3 Å². The predicted octanol–water partition coefficient (Wildman–Crippen LogP) is 5.52. The van der Waals surface area contributed by atoms with Gasteiger partial charge in [0.05, 0.1) is 0 Å². The van der Waals surface area contributed by atoms with Gasteiger partial charge in [0.15, 0.2) is 0 Å². The molecule has 1 atom stereocenters. The molecule has 2 heteroatoms. The monoisotopic (exact) mass is 310 g/mol. The molecule has 0 aliphatic carbocycles. The average Bonchev–Trinajstić information content (AvgIpc) is 2.55. The third kappa shape index (κ3) is 5.02. The van der Waals surface area contributed by atoms with E-state index in [2.05, 4.69) is 38.1 Å². The Hall–Kier alpha value is -1.96. The van der Waals surface area contributed by atoms with E-state index in [1.807, 2.05) is 18.2 Å². The molecule has 2 nitrogen and oxygen atoms in total. The molecule has 2 aromatic carbocycles. The van der Waals surface area contributed by atoms with Crippen molar-refractivity contribution in [1.29, 1.82) is 0 Å². The molecule has 2 aromatic rings. The first-order valence-corrected chi connectivity index (χ1v) is 8.85. The van der Waals surface area contributed by atoms with Gasteiger partial charge >= 0.3 is 0 Å². The van der Waals surface area contributed by atoms with Crippen molar-refractivity contribution in [2.75, 3.05) is 11.5 Å². The number of unbranched alkanes of at least 4 members (excludes halogenated alkanes) is 4. The van der Waals surface area contributed by atoms with E-state index >= 15 is 0 Å². The number of hydrogen-bond acceptors (Lipinski definition) is 2. The summed E-state index contributed by atoms with van der Waals surface area (Å²) in [6.07, 6.45) is 7.85. The van der Waals surface area contributed by atoms with Gasteiger partial charge in [-0.25, -0.2) is 0 Å². The molecule has 0 fully saturated rings. The maximum Gasteiger partial charge on any atom is 0.0373 e. The summed E-state index contributed by atoms with van der Waals surface area (Å²) in [7, 11) is 0. The highest BCUT2D eigenvalue weighted by atomic mass is 14.6. The third-order valence-corrected chi connectivity index (χ3v) is 4.63. The van der Waals surface area contributed by atoms with Crippen molar-refractivity contribution in [1.82, 2.24) is 0 Å². The third-order valence-electron chi connectivity index (χ3n) is 4.63. The maximum atomic E-state index is 6.12. The van der Waals surface area contributed by atoms with Crippen LogP contribution in [0.3, 0.4) is 0 Å². The van der Waals surface area contributed by atoms with Crippen LogP contribution in [0.25, 0.3) is 0 Å². The zero-order chi connectivity index (χ0) is 16.7. The molecule has 0 amide bonds. The van der Waals surface area contributed by atoms with Crippen LogP contribution in [-0.4, -0.2) is 0 Å². The van der Waals surface area contributed by atoms with E-state index in [9.17, 15) is 0 Å². The Morgan fingerprint density at radius 2 is 1.57 bits per heavy atom. The molecule has 0 aliphatic rings. The summed E-state index contributed by atoms with van der Waals surface area (Å²) in [5.74, 6) is 0.286. The van der Waals surface area contributed by atoms with Gasteiger partial charge in [0.25, 0.3) is 0 Å². The van der Waals surface area contributed by atoms with E-state index in [-0.39, 0.29) is 5.92 Å². The van der Waals surface area contributed by atoms with Gasteiger partial charge in [-0.15, -0.1) is 0 Å². The van der Waals surface area contributed by atoms with Gasteiger partial charge in [-0.05, 0) is 41.7 Å². The van der Waals surface area contributed by atoms with Crippen LogP contribution >= 0.6 is 0 Å². The van der Waals surface area contributed by atoms with Gasteiger partial charge in [-0.3, -0.25) is 0 Å². The highest BCUT2D eigenvalue weighted by Gasteiger charge is 2.11. The van der Waals surface area contributed by atoms with E-state index in [1.54, 1.807) is 0 Å². The SMILES string of the molecule is CCCCCCCc1ccc(C(C)c2ccc(N)cc2N)cc1. The predicted molar refractivity (Wildman–Crippen MR) is 102 cm³/mol. The summed E-state index contributed by atoms with van der Waals surface area (Å²) >= 11 is 0. The standard InChI is InChI=1S/C21H30N2/c1-3-4-5-6-7-8-17-9-11-18(12-10-17)16(2)20-14-13-19(22)15-21(20)23/h9-16H,3-8,22-23H2,1-2H3. The van der Waals surface area contributed by atoms with Gasteiger partial charge in [0.1, 0.15) is 0 Å². The Morgan fingerprint density at radius 1 is 0.870 bits per heavy atom. The molecule has 0 heterocycles. The Morgan fingerprint density at radius 3 is 2.22 bits per heavy atom. The van der Waals surface area contributed by atoms with E-state index < -0.39 is 0 Å². The lowest BCUT2D eigenvalue weighted by atomic mass is 9.91. The van der Waals surface area contributed by atoms with Crippen molar-refractivity contribution < 1.29 is 0 Å². The van der Waals surface area contributed by atoms with Crippen LogP contribution in [0, 0.1) is 0 Å². The molecule has 23 heavy (non-hydrogen) atoms. The second-order valence-electron chi connectivity index (χ2n) is 6.52. The number of benzene rings is 2. The molecule has 1 unspecified atom stereocenters. The first-order valence-electron chi connectivity index (χ1n) is 8.85. The van der Waals surface area contributed by atoms with Crippen molar-refractivity contribution in [3.8, 4) is 0 Å². The molecule has 0 saturated heterocycles. The smallest absolute Gasteiger partial charge is 0.0373 e. The fraction of sp³-hybridized carbons (Fsp3) is 0.429. The normalized spacial score (nSPS) is 12.3. The maximum absolute atomic E-state index is 6.12. The average molecular weight is 310 g/mol. The van der Waals surface area contributed by atoms with E-state index in [1.165, 1.54) is 49.7 Å². The highest BCUT2D eigenvalue weighted by molar-refractivity contribution is 5.59. The summed E-state index contributed by atoms with van der Waals surface area (Å²) in [6.45, 7) is 4.45. The van der Waals surface area contributed by atoms with E-state index in [0.717, 1.165) is 16.9 Å². The molecule has 0 aliphatic heterocycles. The van der Waals surface area contributed by atoms with Gasteiger partial charge in [0, 0.05) is 17.3 Å². The molecule has 0 bridgehead atoms. The van der Waals surface area contributed by atoms with Crippen molar-refractivity contribution in [3.63, 3.8) is 0 Å². The number of nitrogen functional groups attached to an aromatic ring is 2. The number of rotatable bonds is 8. The van der Waals surface area contributed by atoms with Crippen LogP contribution in [0.2, 0.25) is 0 Å². The molecular weight excluding hydrogens is 280 g/mol. The lowest BCUT2D eigenvalue weighted by Gasteiger charge is -2.16.